The van der Waals surface area contributed by atoms with Gasteiger partial charge in [0.15, 0.2) is 0 Å². The van der Waals surface area contributed by atoms with E-state index in [4.69, 9.17) is 0 Å². The Kier molecular flexibility index (Phi) is 2.89. The van der Waals surface area contributed by atoms with Gasteiger partial charge in [-0.15, -0.1) is 15.1 Å². The molecule has 0 bridgehead atoms. The van der Waals surface area contributed by atoms with Gasteiger partial charge in [0.25, 0.3) is 0 Å². The van der Waals surface area contributed by atoms with Crippen LogP contribution >= 0.6 is 0 Å². The molecular formula is C7H8N4O. The fourth-order valence-electron chi connectivity index (χ4n) is 0.627. The molecule has 0 unspecified atom stereocenters. The van der Waals surface area contributed by atoms with Gasteiger partial charge in [0, 0.05) is 0 Å². The lowest BCUT2D eigenvalue weighted by molar-refractivity contribution is 0.347. The highest BCUT2D eigenvalue weighted by atomic mass is 16.3. The molecule has 0 saturated heterocycles. The first-order valence-electron chi connectivity index (χ1n) is 3.36. The van der Waals surface area contributed by atoms with E-state index in [1.807, 2.05) is 18.2 Å². The summed E-state index contributed by atoms with van der Waals surface area (Å²) in [5.41, 5.74) is 0.688. The summed E-state index contributed by atoms with van der Waals surface area (Å²) in [6, 6.07) is 9.11. The number of nitrogens with zero attached hydrogens (tertiary/aromatic N) is 4. The maximum absolute atomic E-state index is 9.85. The summed E-state index contributed by atoms with van der Waals surface area (Å²) < 4.78 is 0. The predicted molar refractivity (Wildman–Crippen MR) is 44.5 cm³/mol. The lowest BCUT2D eigenvalue weighted by Gasteiger charge is -1.95. The van der Waals surface area contributed by atoms with Crippen LogP contribution in [0.2, 0.25) is 0 Å². The Bertz CT molecular complexity index is 272. The van der Waals surface area contributed by atoms with Crippen molar-refractivity contribution >= 4 is 5.69 Å². The van der Waals surface area contributed by atoms with Crippen molar-refractivity contribution in [1.29, 1.82) is 0 Å². The van der Waals surface area contributed by atoms with Gasteiger partial charge in [-0.05, 0) is 17.4 Å². The third kappa shape index (κ3) is 2.45. The summed E-state index contributed by atoms with van der Waals surface area (Å²) >= 11 is 0. The van der Waals surface area contributed by atoms with E-state index in [1.54, 1.807) is 12.1 Å². The zero-order valence-corrected chi connectivity index (χ0v) is 6.58. The van der Waals surface area contributed by atoms with Crippen LogP contribution in [0.15, 0.2) is 46.0 Å². The highest BCUT2D eigenvalue weighted by molar-refractivity contribution is 5.34. The molecule has 0 saturated carbocycles. The number of hydrogen-bond acceptors (Lipinski definition) is 4. The number of rotatable bonds is 3. The second-order valence-corrected chi connectivity index (χ2v) is 2.10. The van der Waals surface area contributed by atoms with Crippen molar-refractivity contribution in [3.8, 4) is 0 Å². The smallest absolute Gasteiger partial charge is 0.0874 e. The second kappa shape index (κ2) is 4.17. The molecule has 0 aliphatic carbocycles. The van der Waals surface area contributed by atoms with E-state index in [9.17, 15) is 4.91 Å². The van der Waals surface area contributed by atoms with Crippen LogP contribution in [-0.2, 0) is 0 Å². The van der Waals surface area contributed by atoms with E-state index >= 15 is 0 Å². The largest absolute Gasteiger partial charge is 0.132 e. The van der Waals surface area contributed by atoms with Crippen LogP contribution in [0.5, 0.6) is 0 Å². The minimum absolute atomic E-state index is 0.688. The maximum atomic E-state index is 9.85. The molecule has 1 aromatic carbocycles. The van der Waals surface area contributed by atoms with Gasteiger partial charge in [-0.25, -0.2) is 0 Å². The van der Waals surface area contributed by atoms with Crippen molar-refractivity contribution in [3.05, 3.63) is 35.2 Å². The molecule has 12 heavy (non-hydrogen) atoms. The molecule has 5 nitrogen and oxygen atoms in total. The molecule has 0 atom stereocenters. The molecule has 0 spiro atoms. The van der Waals surface area contributed by atoms with Crippen LogP contribution in [0.4, 0.5) is 5.69 Å². The monoisotopic (exact) mass is 164 g/mol. The van der Waals surface area contributed by atoms with Gasteiger partial charge < -0.3 is 0 Å². The summed E-state index contributed by atoms with van der Waals surface area (Å²) in [5.74, 6) is 0. The fourth-order valence-corrected chi connectivity index (χ4v) is 0.627. The van der Waals surface area contributed by atoms with Crippen LogP contribution in [-0.4, -0.2) is 12.2 Å². The molecule has 0 amide bonds. The van der Waals surface area contributed by atoms with E-state index in [0.29, 0.717) is 5.69 Å². The van der Waals surface area contributed by atoms with Gasteiger partial charge >= 0.3 is 0 Å². The molecule has 0 N–H and O–H groups in total. The lowest BCUT2D eigenvalue weighted by Crippen LogP contribution is -1.96. The van der Waals surface area contributed by atoms with Crippen molar-refractivity contribution < 1.29 is 0 Å². The molecule has 1 aromatic rings. The van der Waals surface area contributed by atoms with Crippen LogP contribution in [0, 0.1) is 4.91 Å². The van der Waals surface area contributed by atoms with E-state index in [0.717, 1.165) is 5.12 Å². The van der Waals surface area contributed by atoms with Crippen LogP contribution < -0.4 is 0 Å². The van der Waals surface area contributed by atoms with Crippen LogP contribution in [0.1, 0.15) is 0 Å². The summed E-state index contributed by atoms with van der Waals surface area (Å²) in [6.45, 7) is 0. The third-order valence-corrected chi connectivity index (χ3v) is 1.16. The first-order valence-corrected chi connectivity index (χ1v) is 3.36. The average Bonchev–Trinajstić information content (AvgIpc) is 2.16. The van der Waals surface area contributed by atoms with Crippen LogP contribution in [0.25, 0.3) is 0 Å². The first-order chi connectivity index (χ1) is 5.83. The fraction of sp³-hybridized carbons (Fsp3) is 0.143. The van der Waals surface area contributed by atoms with Gasteiger partial charge in [-0.2, -0.15) is 0 Å². The Labute approximate surface area is 69.6 Å². The first kappa shape index (κ1) is 8.32. The highest BCUT2D eigenvalue weighted by Crippen LogP contribution is 2.10. The SMILES string of the molecule is CN(N=O)N=Nc1ccccc1. The number of hydrogen-bond donors (Lipinski definition) is 0. The molecule has 0 heterocycles. The summed E-state index contributed by atoms with van der Waals surface area (Å²) in [6.07, 6.45) is 0. The highest BCUT2D eigenvalue weighted by Gasteiger charge is 1.88. The Morgan fingerprint density at radius 1 is 1.25 bits per heavy atom. The predicted octanol–water partition coefficient (Wildman–Crippen LogP) is 2.30. The Morgan fingerprint density at radius 3 is 2.50 bits per heavy atom. The van der Waals surface area contributed by atoms with E-state index in [2.05, 4.69) is 15.6 Å². The van der Waals surface area contributed by atoms with Crippen molar-refractivity contribution in [2.75, 3.05) is 7.05 Å². The Morgan fingerprint density at radius 2 is 1.92 bits per heavy atom. The molecule has 0 aliphatic heterocycles. The quantitative estimate of drug-likeness (QED) is 0.391. The van der Waals surface area contributed by atoms with E-state index < -0.39 is 0 Å². The van der Waals surface area contributed by atoms with Crippen molar-refractivity contribution in [1.82, 2.24) is 5.12 Å². The van der Waals surface area contributed by atoms with Gasteiger partial charge in [0.05, 0.1) is 18.0 Å². The summed E-state index contributed by atoms with van der Waals surface area (Å²) in [7, 11) is 1.42. The average molecular weight is 164 g/mol. The molecular weight excluding hydrogens is 156 g/mol. The van der Waals surface area contributed by atoms with Gasteiger partial charge in [0.1, 0.15) is 0 Å². The van der Waals surface area contributed by atoms with Crippen LogP contribution in [0.3, 0.4) is 0 Å². The molecule has 0 radical (unpaired) electrons. The number of nitroso groups, excluding NO2 is 1. The van der Waals surface area contributed by atoms with Crippen molar-refractivity contribution in [3.63, 3.8) is 0 Å². The lowest BCUT2D eigenvalue weighted by atomic mass is 10.3. The molecule has 62 valence electrons. The van der Waals surface area contributed by atoms with Gasteiger partial charge in [-0.1, -0.05) is 18.2 Å². The van der Waals surface area contributed by atoms with Gasteiger partial charge in [0.2, 0.25) is 0 Å². The minimum Gasteiger partial charge on any atom is -0.132 e. The topological polar surface area (TPSA) is 57.4 Å². The Balaban J connectivity index is 2.63. The number of benzene rings is 1. The van der Waals surface area contributed by atoms with Crippen molar-refractivity contribution in [2.24, 2.45) is 15.6 Å². The molecule has 0 aliphatic rings. The minimum atomic E-state index is 0.688. The second-order valence-electron chi connectivity index (χ2n) is 2.10. The molecule has 0 aromatic heterocycles. The summed E-state index contributed by atoms with van der Waals surface area (Å²) in [5, 5.41) is 10.6. The third-order valence-electron chi connectivity index (χ3n) is 1.16. The molecule has 0 fully saturated rings. The van der Waals surface area contributed by atoms with Crippen molar-refractivity contribution in [2.45, 2.75) is 0 Å². The zero-order chi connectivity index (χ0) is 8.81. The Hall–Kier alpha value is -1.78. The zero-order valence-electron chi connectivity index (χ0n) is 6.58. The standard InChI is InChI=1S/C7H8N4O/c1-11(10-12)9-8-7-5-3-2-4-6-7/h2-6H,1H3. The molecule has 5 heteroatoms. The van der Waals surface area contributed by atoms with Gasteiger partial charge in [-0.3, -0.25) is 0 Å². The normalized spacial score (nSPS) is 10.1. The summed E-state index contributed by atoms with van der Waals surface area (Å²) in [4.78, 5) is 9.85. The van der Waals surface area contributed by atoms with E-state index in [1.165, 1.54) is 7.05 Å². The van der Waals surface area contributed by atoms with E-state index in [-0.39, 0.29) is 0 Å². The molecule has 1 rings (SSSR count). The maximum Gasteiger partial charge on any atom is 0.0874 e.